The molecule has 0 bridgehead atoms. The smallest absolute Gasteiger partial charge is 0.188 e. The molecule has 0 aromatic carbocycles. The van der Waals surface area contributed by atoms with E-state index in [-0.39, 0.29) is 0 Å². The summed E-state index contributed by atoms with van der Waals surface area (Å²) in [6.45, 7) is 4.85. The van der Waals surface area contributed by atoms with Crippen LogP contribution < -0.4 is 11.1 Å². The van der Waals surface area contributed by atoms with Gasteiger partial charge in [-0.05, 0) is 31.1 Å². The van der Waals surface area contributed by atoms with Crippen molar-refractivity contribution >= 4 is 5.96 Å². The van der Waals surface area contributed by atoms with Gasteiger partial charge in [0.2, 0.25) is 0 Å². The summed E-state index contributed by atoms with van der Waals surface area (Å²) in [4.78, 5) is 4.52. The largest absolute Gasteiger partial charge is 0.385 e. The Bertz CT molecular complexity index is 262. The Labute approximate surface area is 118 Å². The third kappa shape index (κ3) is 6.28. The molecular formula is C15H31N3O. The van der Waals surface area contributed by atoms with Crippen molar-refractivity contribution < 1.29 is 4.74 Å². The molecule has 1 aliphatic carbocycles. The van der Waals surface area contributed by atoms with Crippen LogP contribution in [0.5, 0.6) is 0 Å². The molecule has 0 atom stereocenters. The molecule has 112 valence electrons. The Morgan fingerprint density at radius 1 is 1.32 bits per heavy atom. The second-order valence-corrected chi connectivity index (χ2v) is 5.79. The molecular weight excluding hydrogens is 238 g/mol. The van der Waals surface area contributed by atoms with Gasteiger partial charge in [0.05, 0.1) is 0 Å². The highest BCUT2D eigenvalue weighted by Crippen LogP contribution is 2.44. The molecule has 0 radical (unpaired) electrons. The van der Waals surface area contributed by atoms with E-state index >= 15 is 0 Å². The topological polar surface area (TPSA) is 59.6 Å². The Balaban J connectivity index is 2.18. The van der Waals surface area contributed by atoms with E-state index in [9.17, 15) is 0 Å². The van der Waals surface area contributed by atoms with Crippen molar-refractivity contribution in [3.05, 3.63) is 0 Å². The maximum absolute atomic E-state index is 5.91. The number of unbranched alkanes of at least 4 members (excludes halogenated alkanes) is 3. The molecule has 1 aliphatic rings. The molecule has 1 fully saturated rings. The molecule has 1 saturated carbocycles. The van der Waals surface area contributed by atoms with Gasteiger partial charge in [-0.25, -0.2) is 0 Å². The highest BCUT2D eigenvalue weighted by atomic mass is 16.5. The Hall–Kier alpha value is -0.770. The van der Waals surface area contributed by atoms with Crippen LogP contribution in [-0.4, -0.2) is 32.8 Å². The first kappa shape index (κ1) is 16.3. The monoisotopic (exact) mass is 269 g/mol. The SMILES string of the molecule is CCCCCCNC(N)=NCC1(CCOC)CCC1. The summed E-state index contributed by atoms with van der Waals surface area (Å²) in [7, 11) is 1.77. The van der Waals surface area contributed by atoms with Crippen molar-refractivity contribution in [2.45, 2.75) is 58.3 Å². The van der Waals surface area contributed by atoms with Crippen LogP contribution >= 0.6 is 0 Å². The number of nitrogens with two attached hydrogens (primary N) is 1. The van der Waals surface area contributed by atoms with Crippen molar-refractivity contribution in [3.63, 3.8) is 0 Å². The molecule has 0 aliphatic heterocycles. The van der Waals surface area contributed by atoms with E-state index in [1.165, 1.54) is 44.9 Å². The van der Waals surface area contributed by atoms with E-state index in [2.05, 4.69) is 17.2 Å². The maximum atomic E-state index is 5.91. The Morgan fingerprint density at radius 2 is 2.11 bits per heavy atom. The fourth-order valence-corrected chi connectivity index (χ4v) is 2.56. The summed E-state index contributed by atoms with van der Waals surface area (Å²) < 4.78 is 5.19. The number of methoxy groups -OCH3 is 1. The molecule has 3 N–H and O–H groups in total. The molecule has 0 amide bonds. The molecule has 0 unspecified atom stereocenters. The minimum Gasteiger partial charge on any atom is -0.385 e. The summed E-state index contributed by atoms with van der Waals surface area (Å²) in [6.07, 6.45) is 9.99. The molecule has 0 spiro atoms. The van der Waals surface area contributed by atoms with Crippen molar-refractivity contribution in [2.75, 3.05) is 26.8 Å². The van der Waals surface area contributed by atoms with Gasteiger partial charge >= 0.3 is 0 Å². The molecule has 0 heterocycles. The lowest BCUT2D eigenvalue weighted by Gasteiger charge is -2.40. The average Bonchev–Trinajstić information content (AvgIpc) is 2.37. The van der Waals surface area contributed by atoms with Crippen LogP contribution in [0.15, 0.2) is 4.99 Å². The second kappa shape index (κ2) is 9.18. The maximum Gasteiger partial charge on any atom is 0.188 e. The number of guanidine groups is 1. The molecule has 0 aromatic rings. The van der Waals surface area contributed by atoms with Crippen LogP contribution in [0.3, 0.4) is 0 Å². The standard InChI is InChI=1S/C15H31N3O/c1-3-4-5-6-11-17-14(16)18-13-15(8-7-9-15)10-12-19-2/h3-13H2,1-2H3,(H3,16,17,18). The highest BCUT2D eigenvalue weighted by Gasteiger charge is 2.36. The number of nitrogens with one attached hydrogen (secondary N) is 1. The van der Waals surface area contributed by atoms with Crippen LogP contribution in [0.25, 0.3) is 0 Å². The predicted molar refractivity (Wildman–Crippen MR) is 81.4 cm³/mol. The zero-order valence-electron chi connectivity index (χ0n) is 12.7. The Kier molecular flexibility index (Phi) is 7.87. The van der Waals surface area contributed by atoms with E-state index in [0.29, 0.717) is 11.4 Å². The number of rotatable bonds is 10. The highest BCUT2D eigenvalue weighted by molar-refractivity contribution is 5.77. The zero-order chi connectivity index (χ0) is 14.0. The Morgan fingerprint density at radius 3 is 2.68 bits per heavy atom. The summed E-state index contributed by atoms with van der Waals surface area (Å²) >= 11 is 0. The first-order valence-electron chi connectivity index (χ1n) is 7.75. The van der Waals surface area contributed by atoms with Crippen LogP contribution in [0.4, 0.5) is 0 Å². The first-order chi connectivity index (χ1) is 9.22. The number of hydrogen-bond acceptors (Lipinski definition) is 2. The van der Waals surface area contributed by atoms with Crippen LogP contribution in [0.2, 0.25) is 0 Å². The summed E-state index contributed by atoms with van der Waals surface area (Å²) in [5.74, 6) is 0.611. The molecule has 0 saturated heterocycles. The van der Waals surface area contributed by atoms with E-state index < -0.39 is 0 Å². The van der Waals surface area contributed by atoms with Gasteiger partial charge in [-0.3, -0.25) is 4.99 Å². The molecule has 19 heavy (non-hydrogen) atoms. The summed E-state index contributed by atoms with van der Waals surface area (Å²) in [5.41, 5.74) is 6.28. The van der Waals surface area contributed by atoms with Crippen LogP contribution in [-0.2, 0) is 4.74 Å². The van der Waals surface area contributed by atoms with Crippen molar-refractivity contribution in [1.82, 2.24) is 5.32 Å². The lowest BCUT2D eigenvalue weighted by molar-refractivity contribution is 0.0779. The number of aliphatic imine (C=N–C) groups is 1. The quantitative estimate of drug-likeness (QED) is 0.364. The zero-order valence-corrected chi connectivity index (χ0v) is 12.7. The third-order valence-electron chi connectivity index (χ3n) is 4.17. The van der Waals surface area contributed by atoms with Crippen molar-refractivity contribution in [2.24, 2.45) is 16.1 Å². The van der Waals surface area contributed by atoms with Crippen LogP contribution in [0.1, 0.15) is 58.3 Å². The van der Waals surface area contributed by atoms with E-state index in [1.807, 2.05) is 0 Å². The van der Waals surface area contributed by atoms with E-state index in [0.717, 1.165) is 26.1 Å². The van der Waals surface area contributed by atoms with Gasteiger partial charge in [-0.15, -0.1) is 0 Å². The number of nitrogens with zero attached hydrogens (tertiary/aromatic N) is 1. The van der Waals surface area contributed by atoms with Gasteiger partial charge in [0.1, 0.15) is 0 Å². The fourth-order valence-electron chi connectivity index (χ4n) is 2.56. The normalized spacial score (nSPS) is 18.1. The average molecular weight is 269 g/mol. The van der Waals surface area contributed by atoms with Gasteiger partial charge < -0.3 is 15.8 Å². The summed E-state index contributed by atoms with van der Waals surface area (Å²) in [6, 6.07) is 0. The summed E-state index contributed by atoms with van der Waals surface area (Å²) in [5, 5.41) is 3.21. The molecule has 0 aromatic heterocycles. The van der Waals surface area contributed by atoms with Gasteiger partial charge in [0, 0.05) is 26.8 Å². The minimum absolute atomic E-state index is 0.366. The molecule has 4 heteroatoms. The van der Waals surface area contributed by atoms with Gasteiger partial charge in [0.25, 0.3) is 0 Å². The molecule has 4 nitrogen and oxygen atoms in total. The first-order valence-corrected chi connectivity index (χ1v) is 7.75. The lowest BCUT2D eigenvalue weighted by Crippen LogP contribution is -2.37. The lowest BCUT2D eigenvalue weighted by atomic mass is 9.67. The third-order valence-corrected chi connectivity index (χ3v) is 4.17. The fraction of sp³-hybridized carbons (Fsp3) is 0.933. The number of ether oxygens (including phenoxy) is 1. The minimum atomic E-state index is 0.366. The number of hydrogen-bond donors (Lipinski definition) is 2. The van der Waals surface area contributed by atoms with Crippen molar-refractivity contribution in [3.8, 4) is 0 Å². The van der Waals surface area contributed by atoms with Crippen molar-refractivity contribution in [1.29, 1.82) is 0 Å². The van der Waals surface area contributed by atoms with E-state index in [4.69, 9.17) is 10.5 Å². The van der Waals surface area contributed by atoms with Gasteiger partial charge in [-0.1, -0.05) is 32.6 Å². The second-order valence-electron chi connectivity index (χ2n) is 5.79. The van der Waals surface area contributed by atoms with Gasteiger partial charge in [0.15, 0.2) is 5.96 Å². The predicted octanol–water partition coefficient (Wildman–Crippen LogP) is 2.68. The molecule has 1 rings (SSSR count). The van der Waals surface area contributed by atoms with Gasteiger partial charge in [-0.2, -0.15) is 0 Å². The van der Waals surface area contributed by atoms with E-state index in [1.54, 1.807) is 7.11 Å². The van der Waals surface area contributed by atoms with Crippen LogP contribution in [0, 0.1) is 5.41 Å².